The van der Waals surface area contributed by atoms with E-state index >= 15 is 0 Å². The first-order chi connectivity index (χ1) is 9.52. The topological polar surface area (TPSA) is 52.6 Å². The predicted octanol–water partition coefficient (Wildman–Crippen LogP) is 1.84. The van der Waals surface area contributed by atoms with Crippen molar-refractivity contribution < 1.29 is 14.3 Å². The molecule has 0 aliphatic carbocycles. The molecule has 0 aromatic heterocycles. The summed E-state index contributed by atoms with van der Waals surface area (Å²) in [6.45, 7) is 2.89. The number of carbonyl (C=O) groups excluding carboxylic acids is 1. The summed E-state index contributed by atoms with van der Waals surface area (Å²) in [4.78, 5) is 13.6. The molecule has 4 nitrogen and oxygen atoms in total. The Hall–Kier alpha value is -1.62. The molecule has 0 bridgehead atoms. The van der Waals surface area contributed by atoms with Gasteiger partial charge in [-0.1, -0.05) is 6.07 Å². The molecule has 1 fully saturated rings. The van der Waals surface area contributed by atoms with Crippen molar-refractivity contribution in [2.45, 2.75) is 25.9 Å². The van der Waals surface area contributed by atoms with E-state index in [0.29, 0.717) is 17.8 Å². The smallest absolute Gasteiger partial charge is 0.224 e. The number of piperidine rings is 1. The minimum Gasteiger partial charge on any atom is -0.389 e. The monoisotopic (exact) mass is 280 g/mol. The van der Waals surface area contributed by atoms with Crippen molar-refractivity contribution >= 4 is 11.6 Å². The molecular formula is C15H21FN2O2. The van der Waals surface area contributed by atoms with Crippen LogP contribution >= 0.6 is 0 Å². The van der Waals surface area contributed by atoms with Crippen molar-refractivity contribution in [3.63, 3.8) is 0 Å². The lowest BCUT2D eigenvalue weighted by Crippen LogP contribution is -2.42. The second-order valence-corrected chi connectivity index (χ2v) is 5.29. The number of rotatable bonds is 3. The molecular weight excluding hydrogens is 259 g/mol. The number of benzene rings is 1. The maximum atomic E-state index is 14.2. The Morgan fingerprint density at radius 3 is 2.90 bits per heavy atom. The summed E-state index contributed by atoms with van der Waals surface area (Å²) in [6, 6.07) is 4.78. The van der Waals surface area contributed by atoms with Gasteiger partial charge in [-0.3, -0.25) is 4.79 Å². The number of aliphatic hydroxyl groups excluding tert-OH is 1. The summed E-state index contributed by atoms with van der Waals surface area (Å²) in [5.74, 6) is -0.429. The first kappa shape index (κ1) is 14.8. The standard InChI is InChI=1S/C15H21FN2O2/c1-10(19)11-5-6-14(13(16)8-11)18-7-3-4-12(9-18)15(20)17-2/h5-6,8,10,12,19H,3-4,7,9H2,1-2H3,(H,17,20)/t10-,12?/m1/s1. The SMILES string of the molecule is CNC(=O)C1CCCN(c2ccc([C@@H](C)O)cc2F)C1. The van der Waals surface area contributed by atoms with E-state index < -0.39 is 6.10 Å². The second-order valence-electron chi connectivity index (χ2n) is 5.29. The molecule has 0 radical (unpaired) electrons. The van der Waals surface area contributed by atoms with Crippen molar-refractivity contribution in [3.8, 4) is 0 Å². The summed E-state index contributed by atoms with van der Waals surface area (Å²) >= 11 is 0. The third-order valence-electron chi connectivity index (χ3n) is 3.83. The molecule has 2 rings (SSSR count). The molecule has 2 N–H and O–H groups in total. The van der Waals surface area contributed by atoms with Gasteiger partial charge in [-0.25, -0.2) is 4.39 Å². The van der Waals surface area contributed by atoms with E-state index in [1.165, 1.54) is 6.07 Å². The fourth-order valence-corrected chi connectivity index (χ4v) is 2.65. The first-order valence-corrected chi connectivity index (χ1v) is 6.97. The lowest BCUT2D eigenvalue weighted by Gasteiger charge is -2.33. The zero-order valence-corrected chi connectivity index (χ0v) is 11.9. The number of nitrogens with zero attached hydrogens (tertiary/aromatic N) is 1. The van der Waals surface area contributed by atoms with Crippen LogP contribution in [0.2, 0.25) is 0 Å². The highest BCUT2D eigenvalue weighted by atomic mass is 19.1. The van der Waals surface area contributed by atoms with Gasteiger partial charge in [0.1, 0.15) is 5.82 Å². The van der Waals surface area contributed by atoms with Crippen LogP contribution in [0.3, 0.4) is 0 Å². The average Bonchev–Trinajstić information content (AvgIpc) is 2.46. The molecule has 1 aliphatic rings. The van der Waals surface area contributed by atoms with Crippen LogP contribution in [-0.4, -0.2) is 31.2 Å². The van der Waals surface area contributed by atoms with E-state index in [4.69, 9.17) is 0 Å². The van der Waals surface area contributed by atoms with Gasteiger partial charge in [0.25, 0.3) is 0 Å². The van der Waals surface area contributed by atoms with Crippen LogP contribution in [0.4, 0.5) is 10.1 Å². The van der Waals surface area contributed by atoms with Gasteiger partial charge in [0.15, 0.2) is 0 Å². The predicted molar refractivity (Wildman–Crippen MR) is 76.0 cm³/mol. The lowest BCUT2D eigenvalue weighted by molar-refractivity contribution is -0.124. The van der Waals surface area contributed by atoms with E-state index in [9.17, 15) is 14.3 Å². The van der Waals surface area contributed by atoms with Gasteiger partial charge < -0.3 is 15.3 Å². The molecule has 1 aromatic carbocycles. The highest BCUT2D eigenvalue weighted by molar-refractivity contribution is 5.79. The molecule has 1 saturated heterocycles. The molecule has 20 heavy (non-hydrogen) atoms. The van der Waals surface area contributed by atoms with E-state index in [0.717, 1.165) is 19.4 Å². The molecule has 1 aromatic rings. The van der Waals surface area contributed by atoms with Gasteiger partial charge >= 0.3 is 0 Å². The number of aliphatic hydroxyl groups is 1. The third-order valence-corrected chi connectivity index (χ3v) is 3.83. The molecule has 1 heterocycles. The van der Waals surface area contributed by atoms with Crippen LogP contribution in [0.25, 0.3) is 0 Å². The summed E-state index contributed by atoms with van der Waals surface area (Å²) in [6.07, 6.45) is 1.03. The Bertz CT molecular complexity index is 491. The Kier molecular flexibility index (Phi) is 4.60. The molecule has 2 atom stereocenters. The van der Waals surface area contributed by atoms with Crippen molar-refractivity contribution in [2.24, 2.45) is 5.92 Å². The van der Waals surface area contributed by atoms with Crippen molar-refractivity contribution in [1.82, 2.24) is 5.32 Å². The first-order valence-electron chi connectivity index (χ1n) is 6.97. The fourth-order valence-electron chi connectivity index (χ4n) is 2.65. The van der Waals surface area contributed by atoms with Crippen LogP contribution in [0.5, 0.6) is 0 Å². The van der Waals surface area contributed by atoms with E-state index in [-0.39, 0.29) is 17.6 Å². The Balaban J connectivity index is 2.17. The fraction of sp³-hybridized carbons (Fsp3) is 0.533. The normalized spacial score (nSPS) is 20.6. The minimum absolute atomic E-state index is 0.00992. The number of carbonyl (C=O) groups is 1. The van der Waals surface area contributed by atoms with Gasteiger partial charge in [-0.2, -0.15) is 0 Å². The number of anilines is 1. The minimum atomic E-state index is -0.682. The second kappa shape index (κ2) is 6.22. The van der Waals surface area contributed by atoms with E-state index in [1.807, 2.05) is 4.90 Å². The van der Waals surface area contributed by atoms with Gasteiger partial charge in [0.2, 0.25) is 5.91 Å². The third kappa shape index (κ3) is 3.10. The van der Waals surface area contributed by atoms with Crippen LogP contribution in [0.1, 0.15) is 31.4 Å². The van der Waals surface area contributed by atoms with Crippen molar-refractivity contribution in [2.75, 3.05) is 25.0 Å². The summed E-state index contributed by atoms with van der Waals surface area (Å²) in [5.41, 5.74) is 1.06. The molecule has 1 amide bonds. The van der Waals surface area contributed by atoms with Crippen molar-refractivity contribution in [3.05, 3.63) is 29.6 Å². The van der Waals surface area contributed by atoms with Gasteiger partial charge in [0.05, 0.1) is 17.7 Å². The average molecular weight is 280 g/mol. The largest absolute Gasteiger partial charge is 0.389 e. The molecule has 1 aliphatic heterocycles. The molecule has 110 valence electrons. The maximum absolute atomic E-state index is 14.2. The van der Waals surface area contributed by atoms with Crippen molar-refractivity contribution in [1.29, 1.82) is 0 Å². The van der Waals surface area contributed by atoms with Gasteiger partial charge in [0, 0.05) is 20.1 Å². The quantitative estimate of drug-likeness (QED) is 0.888. The van der Waals surface area contributed by atoms with Gasteiger partial charge in [-0.15, -0.1) is 0 Å². The Morgan fingerprint density at radius 1 is 1.55 bits per heavy atom. The molecule has 1 unspecified atom stereocenters. The molecule has 0 saturated carbocycles. The Labute approximate surface area is 118 Å². The number of nitrogens with one attached hydrogen (secondary N) is 1. The summed E-state index contributed by atoms with van der Waals surface area (Å²) < 4.78 is 14.2. The summed E-state index contributed by atoms with van der Waals surface area (Å²) in [7, 11) is 1.62. The zero-order valence-electron chi connectivity index (χ0n) is 11.9. The van der Waals surface area contributed by atoms with Crippen LogP contribution in [-0.2, 0) is 4.79 Å². The summed E-state index contributed by atoms with van der Waals surface area (Å²) in [5, 5.41) is 12.1. The van der Waals surface area contributed by atoms with E-state index in [2.05, 4.69) is 5.32 Å². The number of hydrogen-bond donors (Lipinski definition) is 2. The molecule has 0 spiro atoms. The Morgan fingerprint density at radius 2 is 2.30 bits per heavy atom. The lowest BCUT2D eigenvalue weighted by atomic mass is 9.96. The van der Waals surface area contributed by atoms with Crippen LogP contribution in [0.15, 0.2) is 18.2 Å². The molecule has 5 heteroatoms. The highest BCUT2D eigenvalue weighted by Gasteiger charge is 2.26. The highest BCUT2D eigenvalue weighted by Crippen LogP contribution is 2.27. The van der Waals surface area contributed by atoms with Gasteiger partial charge in [-0.05, 0) is 37.5 Å². The number of hydrogen-bond acceptors (Lipinski definition) is 3. The van der Waals surface area contributed by atoms with Crippen LogP contribution in [0, 0.1) is 11.7 Å². The number of amides is 1. The zero-order chi connectivity index (χ0) is 14.7. The number of halogens is 1. The van der Waals surface area contributed by atoms with E-state index in [1.54, 1.807) is 26.1 Å². The van der Waals surface area contributed by atoms with Crippen LogP contribution < -0.4 is 10.2 Å². The maximum Gasteiger partial charge on any atom is 0.224 e.